The summed E-state index contributed by atoms with van der Waals surface area (Å²) in [6.07, 6.45) is 4.25. The Balaban J connectivity index is 2.38. The lowest BCUT2D eigenvalue weighted by atomic mass is 10.3. The number of benzene rings is 1. The minimum atomic E-state index is -2.50. The molecule has 0 aliphatic heterocycles. The van der Waals surface area contributed by atoms with Gasteiger partial charge in [-0.25, -0.2) is 12.9 Å². The van der Waals surface area contributed by atoms with Crippen molar-refractivity contribution in [2.45, 2.75) is 43.5 Å². The number of rotatable bonds is 6. The zero-order valence-electron chi connectivity index (χ0n) is 11.7. The normalized spacial score (nSPS) is 18.3. The molecule has 0 aromatic heterocycles. The number of nitrogen functional groups attached to an aromatic ring is 1. The van der Waals surface area contributed by atoms with Crippen LogP contribution in [-0.4, -0.2) is 28.1 Å². The standard InChI is InChI=1S/C14H23N3OS/c1-3-4-10-16-19(18,17(2)13-8-9-13)14-7-5-6-12(15)11-14/h5-7,11,13H,3-4,8-10,15H2,1-2H3. The molecule has 1 unspecified atom stereocenters. The fourth-order valence-corrected chi connectivity index (χ4v) is 4.20. The third-order valence-electron chi connectivity index (χ3n) is 3.39. The van der Waals surface area contributed by atoms with Crippen molar-refractivity contribution in [2.75, 3.05) is 19.3 Å². The fourth-order valence-electron chi connectivity index (χ4n) is 2.00. The van der Waals surface area contributed by atoms with Gasteiger partial charge in [0.15, 0.2) is 0 Å². The zero-order valence-corrected chi connectivity index (χ0v) is 12.5. The van der Waals surface area contributed by atoms with Crippen LogP contribution in [0.5, 0.6) is 0 Å². The van der Waals surface area contributed by atoms with Crippen molar-refractivity contribution in [2.24, 2.45) is 4.36 Å². The molecule has 2 N–H and O–H groups in total. The molecule has 0 amide bonds. The van der Waals surface area contributed by atoms with Crippen LogP contribution in [0.4, 0.5) is 5.69 Å². The lowest BCUT2D eigenvalue weighted by Gasteiger charge is -2.22. The summed E-state index contributed by atoms with van der Waals surface area (Å²) in [6.45, 7) is 2.75. The van der Waals surface area contributed by atoms with Crippen LogP contribution < -0.4 is 5.73 Å². The van der Waals surface area contributed by atoms with E-state index in [0.717, 1.165) is 30.6 Å². The van der Waals surface area contributed by atoms with Crippen molar-refractivity contribution in [3.63, 3.8) is 0 Å². The van der Waals surface area contributed by atoms with Gasteiger partial charge in [-0.05, 0) is 37.5 Å². The maximum Gasteiger partial charge on any atom is 0.139 e. The third-order valence-corrected chi connectivity index (χ3v) is 5.87. The van der Waals surface area contributed by atoms with E-state index in [1.807, 2.05) is 29.6 Å². The van der Waals surface area contributed by atoms with Gasteiger partial charge in [-0.3, -0.25) is 0 Å². The van der Waals surface area contributed by atoms with Crippen LogP contribution in [0.3, 0.4) is 0 Å². The summed E-state index contributed by atoms with van der Waals surface area (Å²) in [4.78, 5) is 0.734. The summed E-state index contributed by atoms with van der Waals surface area (Å²) in [5, 5.41) is 0. The molecule has 0 bridgehead atoms. The molecule has 4 nitrogen and oxygen atoms in total. The molecule has 1 aliphatic carbocycles. The Kier molecular flexibility index (Phi) is 4.47. The number of anilines is 1. The highest BCUT2D eigenvalue weighted by molar-refractivity contribution is 7.91. The number of hydrogen-bond acceptors (Lipinski definition) is 3. The summed E-state index contributed by atoms with van der Waals surface area (Å²) >= 11 is 0. The van der Waals surface area contributed by atoms with Gasteiger partial charge in [0.2, 0.25) is 0 Å². The molecule has 0 saturated heterocycles. The second-order valence-electron chi connectivity index (χ2n) is 5.05. The van der Waals surface area contributed by atoms with Gasteiger partial charge in [-0.2, -0.15) is 0 Å². The number of nitrogens with two attached hydrogens (primary N) is 1. The summed E-state index contributed by atoms with van der Waals surface area (Å²) in [5.41, 5.74) is 6.46. The van der Waals surface area contributed by atoms with E-state index in [-0.39, 0.29) is 0 Å². The Hall–Kier alpha value is -1.07. The molecule has 0 radical (unpaired) electrons. The molecular weight excluding hydrogens is 258 g/mol. The van der Waals surface area contributed by atoms with Crippen LogP contribution in [0, 0.1) is 0 Å². The number of unbranched alkanes of at least 4 members (excludes halogenated alkanes) is 1. The summed E-state index contributed by atoms with van der Waals surface area (Å²) in [6, 6.07) is 7.72. The molecule has 1 saturated carbocycles. The van der Waals surface area contributed by atoms with Gasteiger partial charge in [0.1, 0.15) is 9.92 Å². The molecule has 1 aromatic rings. The van der Waals surface area contributed by atoms with E-state index in [2.05, 4.69) is 11.3 Å². The molecular formula is C14H23N3OS. The highest BCUT2D eigenvalue weighted by atomic mass is 32.2. The predicted molar refractivity (Wildman–Crippen MR) is 80.3 cm³/mol. The quantitative estimate of drug-likeness (QED) is 0.644. The van der Waals surface area contributed by atoms with Gasteiger partial charge in [-0.15, -0.1) is 0 Å². The van der Waals surface area contributed by atoms with Crippen LogP contribution in [0.1, 0.15) is 32.6 Å². The van der Waals surface area contributed by atoms with Crippen molar-refractivity contribution >= 4 is 15.6 Å². The van der Waals surface area contributed by atoms with E-state index >= 15 is 0 Å². The maximum absolute atomic E-state index is 13.3. The average molecular weight is 281 g/mol. The van der Waals surface area contributed by atoms with Gasteiger partial charge in [-0.1, -0.05) is 19.4 Å². The first-order valence-corrected chi connectivity index (χ1v) is 8.36. The molecule has 0 spiro atoms. The Morgan fingerprint density at radius 2 is 2.21 bits per heavy atom. The Morgan fingerprint density at radius 1 is 1.47 bits per heavy atom. The van der Waals surface area contributed by atoms with Crippen molar-refractivity contribution in [1.29, 1.82) is 0 Å². The van der Waals surface area contributed by atoms with Crippen molar-refractivity contribution in [3.05, 3.63) is 24.3 Å². The van der Waals surface area contributed by atoms with E-state index in [1.54, 1.807) is 6.07 Å². The molecule has 1 aliphatic rings. The van der Waals surface area contributed by atoms with E-state index < -0.39 is 9.92 Å². The minimum absolute atomic E-state index is 0.402. The van der Waals surface area contributed by atoms with E-state index in [0.29, 0.717) is 18.3 Å². The molecule has 1 aromatic carbocycles. The van der Waals surface area contributed by atoms with Gasteiger partial charge >= 0.3 is 0 Å². The Bertz CT molecular complexity index is 545. The van der Waals surface area contributed by atoms with Gasteiger partial charge in [0.25, 0.3) is 0 Å². The predicted octanol–water partition coefficient (Wildman–Crippen LogP) is 2.91. The molecule has 2 rings (SSSR count). The lowest BCUT2D eigenvalue weighted by Crippen LogP contribution is -2.29. The molecule has 19 heavy (non-hydrogen) atoms. The maximum atomic E-state index is 13.3. The van der Waals surface area contributed by atoms with Crippen molar-refractivity contribution in [3.8, 4) is 0 Å². The minimum Gasteiger partial charge on any atom is -0.399 e. The summed E-state index contributed by atoms with van der Waals surface area (Å²) in [5.74, 6) is 0. The summed E-state index contributed by atoms with van der Waals surface area (Å²) in [7, 11) is -0.584. The smallest absolute Gasteiger partial charge is 0.139 e. The second-order valence-corrected chi connectivity index (χ2v) is 7.35. The van der Waals surface area contributed by atoms with Crippen molar-refractivity contribution < 1.29 is 4.21 Å². The van der Waals surface area contributed by atoms with E-state index in [9.17, 15) is 4.21 Å². The first kappa shape index (κ1) is 14.3. The molecule has 1 atom stereocenters. The topological polar surface area (TPSA) is 58.7 Å². The Morgan fingerprint density at radius 3 is 2.79 bits per heavy atom. The van der Waals surface area contributed by atoms with Gasteiger partial charge in [0.05, 0.1) is 4.90 Å². The van der Waals surface area contributed by atoms with E-state index in [1.165, 1.54) is 0 Å². The fraction of sp³-hybridized carbons (Fsp3) is 0.571. The highest BCUT2D eigenvalue weighted by Crippen LogP contribution is 2.32. The van der Waals surface area contributed by atoms with Gasteiger partial charge in [0, 0.05) is 25.3 Å². The largest absolute Gasteiger partial charge is 0.399 e. The van der Waals surface area contributed by atoms with Crippen LogP contribution in [-0.2, 0) is 9.92 Å². The first-order chi connectivity index (χ1) is 9.08. The first-order valence-electron chi connectivity index (χ1n) is 6.89. The highest BCUT2D eigenvalue weighted by Gasteiger charge is 2.33. The molecule has 1 fully saturated rings. The van der Waals surface area contributed by atoms with Crippen LogP contribution in [0.2, 0.25) is 0 Å². The molecule has 0 heterocycles. The summed E-state index contributed by atoms with van der Waals surface area (Å²) < 4.78 is 19.8. The Labute approximate surface area is 116 Å². The second kappa shape index (κ2) is 5.92. The number of hydrogen-bond donors (Lipinski definition) is 1. The monoisotopic (exact) mass is 281 g/mol. The van der Waals surface area contributed by atoms with E-state index in [4.69, 9.17) is 5.73 Å². The zero-order chi connectivity index (χ0) is 13.9. The number of nitrogens with zero attached hydrogens (tertiary/aromatic N) is 2. The van der Waals surface area contributed by atoms with Crippen molar-refractivity contribution in [1.82, 2.24) is 4.31 Å². The average Bonchev–Trinajstić information content (AvgIpc) is 3.22. The lowest BCUT2D eigenvalue weighted by molar-refractivity contribution is 0.506. The van der Waals surface area contributed by atoms with Crippen LogP contribution >= 0.6 is 0 Å². The third kappa shape index (κ3) is 3.28. The SMILES string of the molecule is CCCCN=S(=O)(c1cccc(N)c1)N(C)C1CC1. The van der Waals surface area contributed by atoms with Crippen LogP contribution in [0.15, 0.2) is 33.5 Å². The molecule has 106 valence electrons. The molecule has 5 heteroatoms. The van der Waals surface area contributed by atoms with Crippen LogP contribution in [0.25, 0.3) is 0 Å². The van der Waals surface area contributed by atoms with Gasteiger partial charge < -0.3 is 5.73 Å².